The second-order valence-electron chi connectivity index (χ2n) is 5.19. The maximum absolute atomic E-state index is 13.0. The SMILES string of the molecule is O=c1c2cn[nH]c2nc(-c2ccc(Br)cc2)n1-c1ccc(Cl)cc1. The summed E-state index contributed by atoms with van der Waals surface area (Å²) in [6.07, 6.45) is 1.49. The number of H-pyrrole nitrogens is 1. The molecule has 2 aromatic heterocycles. The van der Waals surface area contributed by atoms with E-state index in [0.717, 1.165) is 10.0 Å². The highest BCUT2D eigenvalue weighted by atomic mass is 79.9. The van der Waals surface area contributed by atoms with Crippen molar-refractivity contribution in [1.29, 1.82) is 0 Å². The predicted octanol–water partition coefficient (Wildman–Crippen LogP) is 4.19. The summed E-state index contributed by atoms with van der Waals surface area (Å²) >= 11 is 9.39. The summed E-state index contributed by atoms with van der Waals surface area (Å²) < 4.78 is 2.52. The van der Waals surface area contributed by atoms with Crippen LogP contribution in [0.3, 0.4) is 0 Å². The van der Waals surface area contributed by atoms with Gasteiger partial charge in [-0.2, -0.15) is 5.10 Å². The van der Waals surface area contributed by atoms with Crippen molar-refractivity contribution in [3.05, 3.63) is 74.6 Å². The normalized spacial score (nSPS) is 11.1. The van der Waals surface area contributed by atoms with Gasteiger partial charge < -0.3 is 0 Å². The van der Waals surface area contributed by atoms with Crippen LogP contribution in [0.2, 0.25) is 5.02 Å². The van der Waals surface area contributed by atoms with Crippen LogP contribution in [0.4, 0.5) is 0 Å². The van der Waals surface area contributed by atoms with Gasteiger partial charge in [0, 0.05) is 15.1 Å². The van der Waals surface area contributed by atoms with Crippen molar-refractivity contribution in [2.45, 2.75) is 0 Å². The summed E-state index contributed by atoms with van der Waals surface area (Å²) in [4.78, 5) is 17.5. The number of fused-ring (bicyclic) bond motifs is 1. The van der Waals surface area contributed by atoms with Crippen molar-refractivity contribution in [2.24, 2.45) is 0 Å². The first-order valence-electron chi connectivity index (χ1n) is 7.11. The molecular formula is C17H10BrClN4O. The standard InChI is InChI=1S/C17H10BrClN4O/c18-11-3-1-10(2-4-11)16-21-15-14(9-20-22-15)17(24)23(16)13-7-5-12(19)6-8-13/h1-9H,(H,20,22). The first-order valence-corrected chi connectivity index (χ1v) is 8.28. The van der Waals surface area contributed by atoms with Crippen LogP contribution in [0.25, 0.3) is 28.1 Å². The molecule has 118 valence electrons. The second kappa shape index (κ2) is 5.89. The molecule has 0 saturated heterocycles. The maximum Gasteiger partial charge on any atom is 0.269 e. The maximum atomic E-state index is 13.0. The van der Waals surface area contributed by atoms with Gasteiger partial charge in [0.15, 0.2) is 5.65 Å². The first kappa shape index (κ1) is 15.1. The number of rotatable bonds is 2. The van der Waals surface area contributed by atoms with E-state index < -0.39 is 0 Å². The Morgan fingerprint density at radius 1 is 1.04 bits per heavy atom. The Hall–Kier alpha value is -2.44. The van der Waals surface area contributed by atoms with Crippen LogP contribution < -0.4 is 5.56 Å². The van der Waals surface area contributed by atoms with Crippen molar-refractivity contribution in [3.63, 3.8) is 0 Å². The number of nitrogens with zero attached hydrogens (tertiary/aromatic N) is 3. The molecule has 0 radical (unpaired) electrons. The van der Waals surface area contributed by atoms with E-state index in [4.69, 9.17) is 11.6 Å². The van der Waals surface area contributed by atoms with Crippen LogP contribution in [0.5, 0.6) is 0 Å². The number of nitrogens with one attached hydrogen (secondary N) is 1. The highest BCUT2D eigenvalue weighted by molar-refractivity contribution is 9.10. The Bertz CT molecular complexity index is 1080. The van der Waals surface area contributed by atoms with Crippen molar-refractivity contribution >= 4 is 38.6 Å². The van der Waals surface area contributed by atoms with E-state index in [1.807, 2.05) is 24.3 Å². The summed E-state index contributed by atoms with van der Waals surface area (Å²) in [5, 5.41) is 7.74. The van der Waals surface area contributed by atoms with E-state index >= 15 is 0 Å². The minimum Gasteiger partial charge on any atom is -0.268 e. The average Bonchev–Trinajstić information content (AvgIpc) is 3.06. The quantitative estimate of drug-likeness (QED) is 0.548. The van der Waals surface area contributed by atoms with Crippen LogP contribution in [-0.4, -0.2) is 19.7 Å². The fraction of sp³-hybridized carbons (Fsp3) is 0. The molecule has 2 aromatic carbocycles. The van der Waals surface area contributed by atoms with Crippen molar-refractivity contribution in [3.8, 4) is 17.1 Å². The molecule has 0 bridgehead atoms. The highest BCUT2D eigenvalue weighted by Crippen LogP contribution is 2.24. The molecule has 7 heteroatoms. The zero-order chi connectivity index (χ0) is 16.7. The summed E-state index contributed by atoms with van der Waals surface area (Å²) in [6.45, 7) is 0. The number of aromatic amines is 1. The fourth-order valence-electron chi connectivity index (χ4n) is 2.52. The molecule has 2 heterocycles. The van der Waals surface area contributed by atoms with Gasteiger partial charge in [0.2, 0.25) is 0 Å². The van der Waals surface area contributed by atoms with Crippen LogP contribution >= 0.6 is 27.5 Å². The lowest BCUT2D eigenvalue weighted by atomic mass is 10.2. The Labute approximate surface area is 150 Å². The third kappa shape index (κ3) is 2.53. The van der Waals surface area contributed by atoms with Gasteiger partial charge in [-0.1, -0.05) is 39.7 Å². The summed E-state index contributed by atoms with van der Waals surface area (Å²) in [5.41, 5.74) is 1.79. The molecule has 0 aliphatic heterocycles. The van der Waals surface area contributed by atoms with Gasteiger partial charge in [-0.25, -0.2) is 4.98 Å². The Morgan fingerprint density at radius 2 is 1.75 bits per heavy atom. The number of hydrogen-bond acceptors (Lipinski definition) is 3. The number of aromatic nitrogens is 4. The van der Waals surface area contributed by atoms with Crippen molar-refractivity contribution in [2.75, 3.05) is 0 Å². The van der Waals surface area contributed by atoms with E-state index in [1.54, 1.807) is 28.8 Å². The van der Waals surface area contributed by atoms with E-state index in [0.29, 0.717) is 27.6 Å². The highest BCUT2D eigenvalue weighted by Gasteiger charge is 2.15. The zero-order valence-electron chi connectivity index (χ0n) is 12.2. The van der Waals surface area contributed by atoms with Crippen molar-refractivity contribution < 1.29 is 0 Å². The third-order valence-electron chi connectivity index (χ3n) is 3.67. The molecule has 0 aliphatic rings. The van der Waals surface area contributed by atoms with Gasteiger partial charge in [0.25, 0.3) is 5.56 Å². The number of benzene rings is 2. The average molecular weight is 402 g/mol. The van der Waals surface area contributed by atoms with E-state index in [1.165, 1.54) is 6.20 Å². The molecule has 4 rings (SSSR count). The van der Waals surface area contributed by atoms with E-state index in [9.17, 15) is 4.79 Å². The second-order valence-corrected chi connectivity index (χ2v) is 6.54. The number of hydrogen-bond donors (Lipinski definition) is 1. The molecule has 5 nitrogen and oxygen atoms in total. The minimum absolute atomic E-state index is 0.186. The van der Waals surface area contributed by atoms with Crippen LogP contribution in [0.1, 0.15) is 0 Å². The first-order chi connectivity index (χ1) is 11.6. The van der Waals surface area contributed by atoms with Crippen LogP contribution in [-0.2, 0) is 0 Å². The molecule has 0 aliphatic carbocycles. The summed E-state index contributed by atoms with van der Waals surface area (Å²) in [6, 6.07) is 14.7. The van der Waals surface area contributed by atoms with Gasteiger partial charge in [-0.15, -0.1) is 0 Å². The molecule has 0 fully saturated rings. The smallest absolute Gasteiger partial charge is 0.268 e. The van der Waals surface area contributed by atoms with E-state index in [-0.39, 0.29) is 5.56 Å². The fourth-order valence-corrected chi connectivity index (χ4v) is 2.91. The molecular weight excluding hydrogens is 392 g/mol. The monoisotopic (exact) mass is 400 g/mol. The molecule has 0 spiro atoms. The Balaban J connectivity index is 2.07. The van der Waals surface area contributed by atoms with E-state index in [2.05, 4.69) is 31.1 Å². The van der Waals surface area contributed by atoms with Crippen LogP contribution in [0.15, 0.2) is 64.0 Å². The molecule has 0 amide bonds. The number of halogens is 2. The largest absolute Gasteiger partial charge is 0.269 e. The predicted molar refractivity (Wildman–Crippen MR) is 97.6 cm³/mol. The van der Waals surface area contributed by atoms with Gasteiger partial charge in [-0.3, -0.25) is 14.5 Å². The topological polar surface area (TPSA) is 63.6 Å². The Kier molecular flexibility index (Phi) is 3.70. The van der Waals surface area contributed by atoms with Gasteiger partial charge >= 0.3 is 0 Å². The zero-order valence-corrected chi connectivity index (χ0v) is 14.5. The lowest BCUT2D eigenvalue weighted by molar-refractivity contribution is 0.971. The molecule has 24 heavy (non-hydrogen) atoms. The third-order valence-corrected chi connectivity index (χ3v) is 4.45. The lowest BCUT2D eigenvalue weighted by Crippen LogP contribution is -2.21. The van der Waals surface area contributed by atoms with Gasteiger partial charge in [0.05, 0.1) is 11.9 Å². The van der Waals surface area contributed by atoms with Gasteiger partial charge in [-0.05, 0) is 36.4 Å². The molecule has 1 N–H and O–H groups in total. The van der Waals surface area contributed by atoms with Crippen molar-refractivity contribution in [1.82, 2.24) is 19.7 Å². The molecule has 0 unspecified atom stereocenters. The minimum atomic E-state index is -0.186. The molecule has 0 atom stereocenters. The Morgan fingerprint density at radius 3 is 2.46 bits per heavy atom. The molecule has 0 saturated carbocycles. The summed E-state index contributed by atoms with van der Waals surface area (Å²) in [5.74, 6) is 0.534. The molecule has 4 aromatic rings. The van der Waals surface area contributed by atoms with Crippen LogP contribution in [0, 0.1) is 0 Å². The summed E-state index contributed by atoms with van der Waals surface area (Å²) in [7, 11) is 0. The van der Waals surface area contributed by atoms with Gasteiger partial charge in [0.1, 0.15) is 11.2 Å². The lowest BCUT2D eigenvalue weighted by Gasteiger charge is -2.12.